The maximum Gasteiger partial charge on any atom is 0.335 e. The largest absolute Gasteiger partial charge is 0.478 e. The topological polar surface area (TPSA) is 73.0 Å². The fourth-order valence-electron chi connectivity index (χ4n) is 2.50. The van der Waals surface area contributed by atoms with Gasteiger partial charge in [-0.2, -0.15) is 0 Å². The number of hydrogen-bond acceptors (Lipinski definition) is 5. The summed E-state index contributed by atoms with van der Waals surface area (Å²) in [4.78, 5) is 17.9. The number of benzene rings is 1. The highest BCUT2D eigenvalue weighted by molar-refractivity contribution is 5.90. The Bertz CT molecular complexity index is 496. The number of nitrogens with zero attached hydrogens (tertiary/aromatic N) is 3. The first-order chi connectivity index (χ1) is 9.97. The first-order valence-corrected chi connectivity index (χ1v) is 7.22. The lowest BCUT2D eigenvalue weighted by Crippen LogP contribution is -2.48. The molecule has 1 fully saturated rings. The van der Waals surface area contributed by atoms with Crippen molar-refractivity contribution in [2.75, 3.05) is 64.0 Å². The zero-order valence-electron chi connectivity index (χ0n) is 12.7. The molecule has 0 radical (unpaired) electrons. The van der Waals surface area contributed by atoms with Crippen molar-refractivity contribution in [3.05, 3.63) is 23.8 Å². The van der Waals surface area contributed by atoms with Gasteiger partial charge in [-0.05, 0) is 32.3 Å². The molecule has 6 heteroatoms. The Balaban J connectivity index is 1.98. The number of carbonyl (C=O) groups is 1. The minimum absolute atomic E-state index is 0.286. The van der Waals surface area contributed by atoms with Crippen molar-refractivity contribution in [3.63, 3.8) is 0 Å². The smallest absolute Gasteiger partial charge is 0.335 e. The monoisotopic (exact) mass is 292 g/mol. The number of rotatable bonds is 5. The highest BCUT2D eigenvalue weighted by atomic mass is 16.4. The van der Waals surface area contributed by atoms with E-state index in [9.17, 15) is 4.79 Å². The summed E-state index contributed by atoms with van der Waals surface area (Å²) in [5.74, 6) is -0.916. The predicted octanol–water partition coefficient (Wildman–Crippen LogP) is 0.651. The number of likely N-dealkylation sites (N-methyl/N-ethyl adjacent to an activating group) is 1. The molecule has 3 N–H and O–H groups in total. The minimum Gasteiger partial charge on any atom is -0.478 e. The summed E-state index contributed by atoms with van der Waals surface area (Å²) in [7, 11) is 4.16. The van der Waals surface area contributed by atoms with Crippen molar-refractivity contribution >= 4 is 17.3 Å². The molecule has 0 aromatic heterocycles. The van der Waals surface area contributed by atoms with Gasteiger partial charge in [0.15, 0.2) is 0 Å². The number of anilines is 2. The van der Waals surface area contributed by atoms with Gasteiger partial charge in [0.2, 0.25) is 0 Å². The molecule has 2 rings (SSSR count). The molecule has 0 saturated carbocycles. The molecule has 0 amide bonds. The van der Waals surface area contributed by atoms with Gasteiger partial charge >= 0.3 is 5.97 Å². The summed E-state index contributed by atoms with van der Waals surface area (Å²) in [6.07, 6.45) is 0. The summed E-state index contributed by atoms with van der Waals surface area (Å²) in [5, 5.41) is 9.09. The summed E-state index contributed by atoms with van der Waals surface area (Å²) in [6, 6.07) is 4.90. The first kappa shape index (κ1) is 15.6. The Kier molecular flexibility index (Phi) is 5.03. The second kappa shape index (κ2) is 6.78. The lowest BCUT2D eigenvalue weighted by Gasteiger charge is -2.37. The van der Waals surface area contributed by atoms with Gasteiger partial charge in [0.25, 0.3) is 0 Å². The average Bonchev–Trinajstić information content (AvgIpc) is 2.46. The standard InChI is InChI=1S/C15H24N4O2/c1-17(2)5-6-18-7-9-19(10-8-18)14-11-12(15(20)21)3-4-13(14)16/h3-4,11H,5-10,16H2,1-2H3,(H,20,21). The van der Waals surface area contributed by atoms with Gasteiger partial charge in [-0.3, -0.25) is 4.90 Å². The lowest BCUT2D eigenvalue weighted by molar-refractivity contribution is 0.0697. The van der Waals surface area contributed by atoms with E-state index in [-0.39, 0.29) is 5.56 Å². The second-order valence-corrected chi connectivity index (χ2v) is 5.71. The van der Waals surface area contributed by atoms with Gasteiger partial charge in [-0.1, -0.05) is 0 Å². The van der Waals surface area contributed by atoms with Crippen LogP contribution in [0.1, 0.15) is 10.4 Å². The van der Waals surface area contributed by atoms with Gasteiger partial charge in [0.05, 0.1) is 16.9 Å². The van der Waals surface area contributed by atoms with E-state index >= 15 is 0 Å². The first-order valence-electron chi connectivity index (χ1n) is 7.22. The van der Waals surface area contributed by atoms with Crippen LogP contribution in [0.3, 0.4) is 0 Å². The molecular weight excluding hydrogens is 268 g/mol. The average molecular weight is 292 g/mol. The second-order valence-electron chi connectivity index (χ2n) is 5.71. The van der Waals surface area contributed by atoms with Gasteiger partial charge in [-0.15, -0.1) is 0 Å². The molecule has 1 aromatic carbocycles. The van der Waals surface area contributed by atoms with Crippen LogP contribution in [0.4, 0.5) is 11.4 Å². The molecule has 0 atom stereocenters. The van der Waals surface area contributed by atoms with Gasteiger partial charge in [0.1, 0.15) is 0 Å². The highest BCUT2D eigenvalue weighted by Crippen LogP contribution is 2.25. The normalized spacial score (nSPS) is 16.4. The fraction of sp³-hybridized carbons (Fsp3) is 0.533. The molecule has 1 aliphatic rings. The van der Waals surface area contributed by atoms with Crippen LogP contribution in [0.5, 0.6) is 0 Å². The molecule has 21 heavy (non-hydrogen) atoms. The molecule has 1 aliphatic heterocycles. The highest BCUT2D eigenvalue weighted by Gasteiger charge is 2.19. The van der Waals surface area contributed by atoms with Crippen LogP contribution < -0.4 is 10.6 Å². The third-order valence-electron chi connectivity index (χ3n) is 3.85. The van der Waals surface area contributed by atoms with E-state index < -0.39 is 5.97 Å². The van der Waals surface area contributed by atoms with E-state index in [0.29, 0.717) is 5.69 Å². The molecule has 0 bridgehead atoms. The van der Waals surface area contributed by atoms with Crippen LogP contribution in [-0.4, -0.2) is 74.2 Å². The third kappa shape index (κ3) is 4.09. The SMILES string of the molecule is CN(C)CCN1CCN(c2cc(C(=O)O)ccc2N)CC1. The Morgan fingerprint density at radius 3 is 2.52 bits per heavy atom. The molecule has 1 heterocycles. The molecular formula is C15H24N4O2. The number of nitrogens with two attached hydrogens (primary N) is 1. The van der Waals surface area contributed by atoms with E-state index in [1.165, 1.54) is 0 Å². The van der Waals surface area contributed by atoms with Crippen molar-refractivity contribution < 1.29 is 9.90 Å². The summed E-state index contributed by atoms with van der Waals surface area (Å²) in [5.41, 5.74) is 7.76. The van der Waals surface area contributed by atoms with Crippen LogP contribution in [0, 0.1) is 0 Å². The molecule has 116 valence electrons. The number of aromatic carboxylic acids is 1. The lowest BCUT2D eigenvalue weighted by atomic mass is 10.1. The maximum atomic E-state index is 11.1. The van der Waals surface area contributed by atoms with Crippen LogP contribution in [0.2, 0.25) is 0 Å². The maximum absolute atomic E-state index is 11.1. The van der Waals surface area contributed by atoms with Crippen molar-refractivity contribution in [1.82, 2.24) is 9.80 Å². The van der Waals surface area contributed by atoms with Crippen LogP contribution >= 0.6 is 0 Å². The van der Waals surface area contributed by atoms with Gasteiger partial charge < -0.3 is 20.6 Å². The van der Waals surface area contributed by atoms with Crippen molar-refractivity contribution in [2.24, 2.45) is 0 Å². The minimum atomic E-state index is -0.916. The zero-order valence-corrected chi connectivity index (χ0v) is 12.7. The van der Waals surface area contributed by atoms with Crippen molar-refractivity contribution in [3.8, 4) is 0 Å². The molecule has 0 unspecified atom stereocenters. The van der Waals surface area contributed by atoms with Crippen LogP contribution in [-0.2, 0) is 0 Å². The predicted molar refractivity (Wildman–Crippen MR) is 85.0 cm³/mol. The summed E-state index contributed by atoms with van der Waals surface area (Å²) < 4.78 is 0. The van der Waals surface area contributed by atoms with E-state index in [1.807, 2.05) is 0 Å². The molecule has 0 aliphatic carbocycles. The number of hydrogen-bond donors (Lipinski definition) is 2. The number of carboxylic acids is 1. The Morgan fingerprint density at radius 1 is 1.29 bits per heavy atom. The zero-order chi connectivity index (χ0) is 15.4. The summed E-state index contributed by atoms with van der Waals surface area (Å²) in [6.45, 7) is 5.82. The van der Waals surface area contributed by atoms with Crippen LogP contribution in [0.25, 0.3) is 0 Å². The number of carboxylic acid groups (broad SMARTS) is 1. The third-order valence-corrected chi connectivity index (χ3v) is 3.85. The Labute approximate surface area is 125 Å². The van der Waals surface area contributed by atoms with E-state index in [4.69, 9.17) is 10.8 Å². The number of nitrogen functional groups attached to an aromatic ring is 1. The van der Waals surface area contributed by atoms with E-state index in [2.05, 4.69) is 28.8 Å². The van der Waals surface area contributed by atoms with E-state index in [0.717, 1.165) is 45.0 Å². The number of piperazine rings is 1. The Hall–Kier alpha value is -1.79. The van der Waals surface area contributed by atoms with Gasteiger partial charge in [0, 0.05) is 39.3 Å². The van der Waals surface area contributed by atoms with Crippen molar-refractivity contribution in [2.45, 2.75) is 0 Å². The van der Waals surface area contributed by atoms with E-state index in [1.54, 1.807) is 18.2 Å². The quantitative estimate of drug-likeness (QED) is 0.776. The summed E-state index contributed by atoms with van der Waals surface area (Å²) >= 11 is 0. The molecule has 1 aromatic rings. The van der Waals surface area contributed by atoms with Crippen LogP contribution in [0.15, 0.2) is 18.2 Å². The fourth-order valence-corrected chi connectivity index (χ4v) is 2.50. The van der Waals surface area contributed by atoms with Crippen molar-refractivity contribution in [1.29, 1.82) is 0 Å². The Morgan fingerprint density at radius 2 is 1.95 bits per heavy atom. The van der Waals surface area contributed by atoms with Gasteiger partial charge in [-0.25, -0.2) is 4.79 Å². The molecule has 0 spiro atoms. The molecule has 6 nitrogen and oxygen atoms in total. The molecule has 1 saturated heterocycles.